The van der Waals surface area contributed by atoms with Crippen LogP contribution in [0.5, 0.6) is 17.2 Å². The van der Waals surface area contributed by atoms with Crippen molar-refractivity contribution < 1.29 is 37.4 Å². The van der Waals surface area contributed by atoms with Crippen molar-refractivity contribution in [2.45, 2.75) is 19.4 Å². The maximum Gasteiger partial charge on any atom is 0.337 e. The lowest BCUT2D eigenvalue weighted by Crippen LogP contribution is -2.35. The van der Waals surface area contributed by atoms with Crippen molar-refractivity contribution in [3.8, 4) is 28.5 Å². The van der Waals surface area contributed by atoms with Gasteiger partial charge in [0.05, 0.1) is 31.7 Å². The molecule has 7 rings (SSSR count). The first kappa shape index (κ1) is 33.8. The Morgan fingerprint density at radius 1 is 0.808 bits per heavy atom. The number of ether oxygens (including phenoxy) is 3. The standard InChI is InChI=1S/C39H31F2N5O6/c1-50-29-14-3-23(4-15-29)22-46-35-33(34(45-46)24-5-7-25(8-6-24)36(47)51-2)32(17-20-42-35)52-31-16-13-28(21-30(31)41)44-38(49)39(18-19-39)37(48)43-27-11-9-26(40)10-12-27/h3-17,20-21H,18-19,22H2,1-2H3,(H,43,48)(H,44,49). The van der Waals surface area contributed by atoms with Crippen molar-refractivity contribution in [2.24, 2.45) is 5.41 Å². The highest BCUT2D eigenvalue weighted by molar-refractivity contribution is 6.17. The van der Waals surface area contributed by atoms with Crippen LogP contribution in [0.25, 0.3) is 22.3 Å². The Bertz CT molecular complexity index is 2300. The van der Waals surface area contributed by atoms with E-state index in [9.17, 15) is 18.8 Å². The minimum atomic E-state index is -1.32. The zero-order valence-corrected chi connectivity index (χ0v) is 28.0. The number of hydrogen-bond donors (Lipinski definition) is 2. The summed E-state index contributed by atoms with van der Waals surface area (Å²) in [7, 11) is 2.90. The number of nitrogens with zero attached hydrogens (tertiary/aromatic N) is 3. The molecule has 1 fully saturated rings. The van der Waals surface area contributed by atoms with Gasteiger partial charge >= 0.3 is 5.97 Å². The predicted octanol–water partition coefficient (Wildman–Crippen LogP) is 7.37. The van der Waals surface area contributed by atoms with Crippen LogP contribution in [0, 0.1) is 17.0 Å². The normalized spacial score (nSPS) is 12.9. The quantitative estimate of drug-likeness (QED) is 0.106. The van der Waals surface area contributed by atoms with E-state index >= 15 is 4.39 Å². The Morgan fingerprint density at radius 3 is 2.12 bits per heavy atom. The topological polar surface area (TPSA) is 134 Å². The van der Waals surface area contributed by atoms with Gasteiger partial charge in [0.1, 0.15) is 28.4 Å². The van der Waals surface area contributed by atoms with E-state index in [1.807, 2.05) is 24.3 Å². The highest BCUT2D eigenvalue weighted by Crippen LogP contribution is 2.48. The van der Waals surface area contributed by atoms with Gasteiger partial charge in [-0.15, -0.1) is 0 Å². The van der Waals surface area contributed by atoms with Crippen molar-refractivity contribution in [3.63, 3.8) is 0 Å². The van der Waals surface area contributed by atoms with Gasteiger partial charge in [0, 0.05) is 29.2 Å². The van der Waals surface area contributed by atoms with Gasteiger partial charge < -0.3 is 24.8 Å². The summed E-state index contributed by atoms with van der Waals surface area (Å²) in [4.78, 5) is 42.8. The summed E-state index contributed by atoms with van der Waals surface area (Å²) in [5.41, 5.74) is 2.07. The van der Waals surface area contributed by atoms with Gasteiger partial charge in [0.25, 0.3) is 0 Å². The van der Waals surface area contributed by atoms with Gasteiger partial charge in [-0.2, -0.15) is 5.10 Å². The number of benzene rings is 4. The first-order valence-corrected chi connectivity index (χ1v) is 16.2. The number of carbonyl (C=O) groups excluding carboxylic acids is 3. The molecule has 0 aliphatic heterocycles. The van der Waals surface area contributed by atoms with Crippen LogP contribution in [0.2, 0.25) is 0 Å². The number of aromatic nitrogens is 3. The second-order valence-corrected chi connectivity index (χ2v) is 12.2. The summed E-state index contributed by atoms with van der Waals surface area (Å²) in [6.45, 7) is 0.351. The number of nitrogens with one attached hydrogen (secondary N) is 2. The zero-order chi connectivity index (χ0) is 36.4. The van der Waals surface area contributed by atoms with Gasteiger partial charge in [-0.25, -0.2) is 23.2 Å². The molecule has 0 atom stereocenters. The molecule has 2 aromatic heterocycles. The first-order valence-electron chi connectivity index (χ1n) is 16.2. The first-order chi connectivity index (χ1) is 25.2. The van der Waals surface area contributed by atoms with Crippen molar-refractivity contribution in [1.29, 1.82) is 0 Å². The van der Waals surface area contributed by atoms with E-state index in [1.54, 1.807) is 42.1 Å². The van der Waals surface area contributed by atoms with Crippen LogP contribution in [0.1, 0.15) is 28.8 Å². The zero-order valence-electron chi connectivity index (χ0n) is 28.0. The highest BCUT2D eigenvalue weighted by Gasteiger charge is 2.56. The third-order valence-electron chi connectivity index (χ3n) is 8.80. The molecule has 1 aliphatic carbocycles. The van der Waals surface area contributed by atoms with Gasteiger partial charge in [0.15, 0.2) is 17.2 Å². The number of halogens is 2. The van der Waals surface area contributed by atoms with E-state index in [2.05, 4.69) is 15.6 Å². The largest absolute Gasteiger partial charge is 0.497 e. The average molecular weight is 704 g/mol. The number of methoxy groups -OCH3 is 2. The molecular formula is C39H31F2N5O6. The summed E-state index contributed by atoms with van der Waals surface area (Å²) in [6, 6.07) is 25.0. The maximum absolute atomic E-state index is 15.6. The molecule has 2 amide bonds. The van der Waals surface area contributed by atoms with Crippen LogP contribution in [-0.2, 0) is 20.9 Å². The number of amides is 2. The molecule has 0 radical (unpaired) electrons. The lowest BCUT2D eigenvalue weighted by atomic mass is 10.0. The molecule has 6 aromatic rings. The monoisotopic (exact) mass is 703 g/mol. The molecule has 11 nitrogen and oxygen atoms in total. The van der Waals surface area contributed by atoms with Crippen LogP contribution in [0.4, 0.5) is 20.2 Å². The number of hydrogen-bond acceptors (Lipinski definition) is 8. The molecule has 1 saturated carbocycles. The van der Waals surface area contributed by atoms with Crippen LogP contribution < -0.4 is 20.1 Å². The summed E-state index contributed by atoms with van der Waals surface area (Å²) in [6.07, 6.45) is 2.16. The predicted molar refractivity (Wildman–Crippen MR) is 188 cm³/mol. The van der Waals surface area contributed by atoms with E-state index < -0.39 is 34.8 Å². The molecule has 52 heavy (non-hydrogen) atoms. The van der Waals surface area contributed by atoms with Gasteiger partial charge in [-0.1, -0.05) is 24.3 Å². The summed E-state index contributed by atoms with van der Waals surface area (Å²) in [5.74, 6) is -1.96. The molecule has 13 heteroatoms. The Hall–Kier alpha value is -6.63. The number of anilines is 2. The average Bonchev–Trinajstić information content (AvgIpc) is 3.91. The van der Waals surface area contributed by atoms with Crippen LogP contribution in [0.3, 0.4) is 0 Å². The van der Waals surface area contributed by atoms with E-state index in [0.717, 1.165) is 11.6 Å². The van der Waals surface area contributed by atoms with E-state index in [4.69, 9.17) is 19.3 Å². The van der Waals surface area contributed by atoms with Gasteiger partial charge in [0.2, 0.25) is 11.8 Å². The molecule has 0 spiro atoms. The van der Waals surface area contributed by atoms with Crippen LogP contribution >= 0.6 is 0 Å². The van der Waals surface area contributed by atoms with Crippen molar-refractivity contribution in [3.05, 3.63) is 126 Å². The second-order valence-electron chi connectivity index (χ2n) is 12.2. The SMILES string of the molecule is COC(=O)c1ccc(-c2nn(Cc3ccc(OC)cc3)c3nccc(Oc4ccc(NC(=O)C5(C(=O)Nc6ccc(F)cc6)CC5)cc4F)c23)cc1. The van der Waals surface area contributed by atoms with Crippen molar-refractivity contribution >= 4 is 40.2 Å². The highest BCUT2D eigenvalue weighted by atomic mass is 19.1. The Kier molecular flexibility index (Phi) is 9.08. The molecule has 0 saturated heterocycles. The third-order valence-corrected chi connectivity index (χ3v) is 8.80. The Balaban J connectivity index is 1.16. The molecule has 1 aliphatic rings. The van der Waals surface area contributed by atoms with E-state index in [-0.39, 0.29) is 17.2 Å². The number of esters is 1. The van der Waals surface area contributed by atoms with E-state index in [0.29, 0.717) is 58.7 Å². The molecule has 4 aromatic carbocycles. The smallest absolute Gasteiger partial charge is 0.337 e. The van der Waals surface area contributed by atoms with Crippen molar-refractivity contribution in [1.82, 2.24) is 14.8 Å². The number of carbonyl (C=O) groups is 3. The lowest BCUT2D eigenvalue weighted by Gasteiger charge is -2.16. The van der Waals surface area contributed by atoms with Crippen LogP contribution in [0.15, 0.2) is 103 Å². The fourth-order valence-corrected chi connectivity index (χ4v) is 5.75. The fraction of sp³-hybridized carbons (Fsp3) is 0.154. The van der Waals surface area contributed by atoms with Crippen molar-refractivity contribution in [2.75, 3.05) is 24.9 Å². The molecule has 2 N–H and O–H groups in total. The second kappa shape index (κ2) is 13.9. The summed E-state index contributed by atoms with van der Waals surface area (Å²) < 4.78 is 46.9. The summed E-state index contributed by atoms with van der Waals surface area (Å²) >= 11 is 0. The minimum absolute atomic E-state index is 0.129. The van der Waals surface area contributed by atoms with Crippen LogP contribution in [-0.4, -0.2) is 46.8 Å². The van der Waals surface area contributed by atoms with Gasteiger partial charge in [-0.3, -0.25) is 9.59 Å². The molecular weight excluding hydrogens is 672 g/mol. The lowest BCUT2D eigenvalue weighted by molar-refractivity contribution is -0.131. The van der Waals surface area contributed by atoms with Gasteiger partial charge in [-0.05, 0) is 85.1 Å². The third kappa shape index (κ3) is 6.75. The number of pyridine rings is 1. The molecule has 0 unspecified atom stereocenters. The Labute approximate surface area is 296 Å². The number of rotatable bonds is 11. The number of fused-ring (bicyclic) bond motifs is 1. The minimum Gasteiger partial charge on any atom is -0.497 e. The summed E-state index contributed by atoms with van der Waals surface area (Å²) in [5, 5.41) is 10.7. The molecule has 262 valence electrons. The molecule has 0 bridgehead atoms. The maximum atomic E-state index is 15.6. The molecule has 2 heterocycles. The van der Waals surface area contributed by atoms with E-state index in [1.165, 1.54) is 49.7 Å². The Morgan fingerprint density at radius 2 is 1.48 bits per heavy atom. The fourth-order valence-electron chi connectivity index (χ4n) is 5.75.